The highest BCUT2D eigenvalue weighted by molar-refractivity contribution is 6.87. The van der Waals surface area contributed by atoms with E-state index in [1.54, 1.807) is 12.1 Å². The lowest BCUT2D eigenvalue weighted by Crippen LogP contribution is -2.62. The Bertz CT molecular complexity index is 1860. The molecule has 0 fully saturated rings. The smallest absolute Gasteiger partial charge is 0.311 e. The molecule has 13 heteroatoms. The Morgan fingerprint density at radius 1 is 0.870 bits per heavy atom. The number of esters is 2. The average Bonchev–Trinajstić information content (AvgIpc) is 3.23. The standard InChI is InChI=1S/C41H60N2O8Si3/c1-30(2)28-43-35-16-13-12-15-34(35)40(3,4)41(43)29-42-39-33-27-32(19-17-31(33)18-20-36(39)49-41)48-38(45)22-21-37(44)47-25-24-46-23-14-26-53(8,9)51-54(10,11)50-52(5,6)7/h12-13,15-20,27,29-30H,14,21-26,28H2,1-11H3. The zero-order chi connectivity index (χ0) is 39.5. The molecule has 10 nitrogen and oxygen atoms in total. The molecule has 0 saturated carbocycles. The number of carbonyl (C=O) groups excluding carboxylic acids is 2. The van der Waals surface area contributed by atoms with Gasteiger partial charge in [-0.2, -0.15) is 0 Å². The summed E-state index contributed by atoms with van der Waals surface area (Å²) in [7, 11) is -5.71. The van der Waals surface area contributed by atoms with Crippen LogP contribution >= 0.6 is 0 Å². The van der Waals surface area contributed by atoms with Crippen molar-refractivity contribution in [3.8, 4) is 11.5 Å². The van der Waals surface area contributed by atoms with E-state index in [0.717, 1.165) is 35.5 Å². The second-order valence-corrected chi connectivity index (χ2v) is 30.1. The van der Waals surface area contributed by atoms with Crippen molar-refractivity contribution in [2.75, 3.05) is 31.3 Å². The van der Waals surface area contributed by atoms with Gasteiger partial charge in [-0.3, -0.25) is 14.6 Å². The quantitative estimate of drug-likeness (QED) is 0.0572. The number of carbonyl (C=O) groups is 2. The lowest BCUT2D eigenvalue weighted by atomic mass is 9.77. The fraction of sp³-hybridized carbons (Fsp3) is 0.537. The third-order valence-electron chi connectivity index (χ3n) is 9.67. The molecule has 5 rings (SSSR count). The molecule has 1 atom stereocenters. The average molecular weight is 793 g/mol. The summed E-state index contributed by atoms with van der Waals surface area (Å²) in [5.41, 5.74) is 1.89. The molecule has 0 bridgehead atoms. The van der Waals surface area contributed by atoms with Gasteiger partial charge in [0.05, 0.1) is 31.1 Å². The van der Waals surface area contributed by atoms with Crippen molar-refractivity contribution < 1.29 is 36.8 Å². The minimum atomic E-state index is -2.17. The molecule has 0 aromatic heterocycles. The molecule has 0 amide bonds. The number of ether oxygens (including phenoxy) is 4. The van der Waals surface area contributed by atoms with E-state index >= 15 is 0 Å². The first-order valence-corrected chi connectivity index (χ1v) is 28.6. The predicted molar refractivity (Wildman–Crippen MR) is 224 cm³/mol. The van der Waals surface area contributed by atoms with Gasteiger partial charge in [-0.25, -0.2) is 0 Å². The van der Waals surface area contributed by atoms with Crippen molar-refractivity contribution in [1.82, 2.24) is 0 Å². The summed E-state index contributed by atoms with van der Waals surface area (Å²) in [5, 5.41) is 1.76. The molecule has 3 aromatic rings. The number of hydrogen-bond acceptors (Lipinski definition) is 10. The van der Waals surface area contributed by atoms with Gasteiger partial charge in [0.2, 0.25) is 5.72 Å². The van der Waals surface area contributed by atoms with Crippen LogP contribution in [-0.4, -0.2) is 75.4 Å². The van der Waals surface area contributed by atoms with Gasteiger partial charge in [0, 0.05) is 24.2 Å². The Morgan fingerprint density at radius 2 is 1.57 bits per heavy atom. The van der Waals surface area contributed by atoms with Gasteiger partial charge in [-0.05, 0) is 113 Å². The molecule has 1 spiro atoms. The van der Waals surface area contributed by atoms with Crippen LogP contribution in [0.3, 0.4) is 0 Å². The van der Waals surface area contributed by atoms with Crippen LogP contribution in [0.4, 0.5) is 11.4 Å². The highest BCUT2D eigenvalue weighted by atomic mass is 28.5. The van der Waals surface area contributed by atoms with Gasteiger partial charge < -0.3 is 32.1 Å². The minimum absolute atomic E-state index is 0.0800. The Balaban J connectivity index is 1.10. The number of aliphatic imine (C=N–C) groups is 1. The third-order valence-corrected chi connectivity index (χ3v) is 19.8. The van der Waals surface area contributed by atoms with Crippen molar-refractivity contribution in [1.29, 1.82) is 0 Å². The maximum atomic E-state index is 12.8. The van der Waals surface area contributed by atoms with Crippen molar-refractivity contribution in [3.05, 3.63) is 60.2 Å². The number of para-hydroxylation sites is 1. The molecular formula is C41H60N2O8Si3. The van der Waals surface area contributed by atoms with Gasteiger partial charge in [0.15, 0.2) is 16.6 Å². The topological polar surface area (TPSA) is 105 Å². The van der Waals surface area contributed by atoms with Crippen LogP contribution in [0.5, 0.6) is 11.5 Å². The fourth-order valence-corrected chi connectivity index (χ4v) is 20.9. The number of rotatable bonds is 17. The van der Waals surface area contributed by atoms with E-state index in [1.807, 2.05) is 24.4 Å². The Hall–Kier alpha value is -3.34. The van der Waals surface area contributed by atoms with Gasteiger partial charge in [-0.15, -0.1) is 0 Å². The normalized spacial score (nSPS) is 17.8. The molecule has 2 aliphatic rings. The molecule has 0 saturated heterocycles. The first kappa shape index (κ1) is 41.8. The van der Waals surface area contributed by atoms with Crippen LogP contribution in [-0.2, 0) is 32.7 Å². The van der Waals surface area contributed by atoms with E-state index in [4.69, 9.17) is 32.2 Å². The molecule has 294 valence electrons. The van der Waals surface area contributed by atoms with Gasteiger partial charge in [0.25, 0.3) is 0 Å². The van der Waals surface area contributed by atoms with Crippen LogP contribution < -0.4 is 14.4 Å². The SMILES string of the molecule is CC(C)CN1c2ccccc2C(C)(C)C12C=Nc1c(ccc3ccc(OC(=O)CCC(=O)OCCOCCC[Si](C)(C)O[Si](C)(C)O[Si](C)(C)C)cc13)O2. The van der Waals surface area contributed by atoms with E-state index in [-0.39, 0.29) is 24.9 Å². The van der Waals surface area contributed by atoms with Crippen molar-refractivity contribution >= 4 is 65.5 Å². The maximum Gasteiger partial charge on any atom is 0.311 e. The van der Waals surface area contributed by atoms with E-state index in [9.17, 15) is 9.59 Å². The van der Waals surface area contributed by atoms with Crippen molar-refractivity contribution in [2.45, 2.75) is 110 Å². The number of hydrogen-bond donors (Lipinski definition) is 0. The van der Waals surface area contributed by atoms with Gasteiger partial charge >= 0.3 is 20.5 Å². The van der Waals surface area contributed by atoms with Crippen LogP contribution in [0, 0.1) is 5.92 Å². The molecule has 0 radical (unpaired) electrons. The monoisotopic (exact) mass is 792 g/mol. The highest BCUT2D eigenvalue weighted by Gasteiger charge is 2.59. The van der Waals surface area contributed by atoms with Crippen LogP contribution in [0.15, 0.2) is 59.6 Å². The number of fused-ring (bicyclic) bond motifs is 4. The molecule has 54 heavy (non-hydrogen) atoms. The number of anilines is 1. The highest BCUT2D eigenvalue weighted by Crippen LogP contribution is 2.55. The molecule has 1 unspecified atom stereocenters. The third kappa shape index (κ3) is 9.90. The molecule has 2 aliphatic heterocycles. The largest absolute Gasteiger partial charge is 0.463 e. The zero-order valence-corrected chi connectivity index (χ0v) is 37.2. The van der Waals surface area contributed by atoms with E-state index in [2.05, 4.69) is 103 Å². The molecule has 0 aliphatic carbocycles. The van der Waals surface area contributed by atoms with E-state index in [1.165, 1.54) is 5.56 Å². The first-order valence-electron chi connectivity index (χ1n) is 19.2. The summed E-state index contributed by atoms with van der Waals surface area (Å²) in [6, 6.07) is 18.9. The second-order valence-electron chi connectivity index (χ2n) is 17.4. The molecule has 2 heterocycles. The first-order chi connectivity index (χ1) is 25.2. The minimum Gasteiger partial charge on any atom is -0.463 e. The second kappa shape index (κ2) is 16.4. The summed E-state index contributed by atoms with van der Waals surface area (Å²) in [6.45, 7) is 25.9. The summed E-state index contributed by atoms with van der Waals surface area (Å²) in [5.74, 6) is 0.463. The van der Waals surface area contributed by atoms with Gasteiger partial charge in [-0.1, -0.05) is 44.2 Å². The lowest BCUT2D eigenvalue weighted by Gasteiger charge is -2.46. The maximum absolute atomic E-state index is 12.8. The Kier molecular flexibility index (Phi) is 12.7. The molecule has 3 aromatic carbocycles. The Labute approximate surface area is 325 Å². The van der Waals surface area contributed by atoms with Crippen molar-refractivity contribution in [2.24, 2.45) is 10.9 Å². The summed E-state index contributed by atoms with van der Waals surface area (Å²) in [4.78, 5) is 32.5. The predicted octanol–water partition coefficient (Wildman–Crippen LogP) is 9.50. The van der Waals surface area contributed by atoms with Crippen LogP contribution in [0.25, 0.3) is 10.8 Å². The number of nitrogens with zero attached hydrogens (tertiary/aromatic N) is 2. The van der Waals surface area contributed by atoms with Gasteiger partial charge in [0.1, 0.15) is 23.8 Å². The summed E-state index contributed by atoms with van der Waals surface area (Å²) >= 11 is 0. The number of benzene rings is 3. The lowest BCUT2D eigenvalue weighted by molar-refractivity contribution is -0.148. The Morgan fingerprint density at radius 3 is 2.30 bits per heavy atom. The summed E-state index contributed by atoms with van der Waals surface area (Å²) in [6.07, 6.45) is 2.64. The van der Waals surface area contributed by atoms with Crippen LogP contribution in [0.2, 0.25) is 51.9 Å². The zero-order valence-electron chi connectivity index (χ0n) is 34.2. The van der Waals surface area contributed by atoms with E-state index < -0.39 is 42.9 Å². The fourth-order valence-electron chi connectivity index (χ4n) is 7.70. The van der Waals surface area contributed by atoms with E-state index in [0.29, 0.717) is 36.3 Å². The summed E-state index contributed by atoms with van der Waals surface area (Å²) < 4.78 is 36.6. The van der Waals surface area contributed by atoms with Crippen LogP contribution in [0.1, 0.15) is 52.5 Å². The molecular weight excluding hydrogens is 733 g/mol. The van der Waals surface area contributed by atoms with Crippen molar-refractivity contribution in [3.63, 3.8) is 0 Å². The molecule has 0 N–H and O–H groups in total.